The third-order valence-corrected chi connectivity index (χ3v) is 4.38. The third kappa shape index (κ3) is 3.05. The number of aryl methyl sites for hydroxylation is 1. The van der Waals surface area contributed by atoms with Crippen LogP contribution in [0.25, 0.3) is 11.1 Å². The van der Waals surface area contributed by atoms with Crippen LogP contribution in [0.15, 0.2) is 27.4 Å². The Morgan fingerprint density at radius 2 is 2.11 bits per heavy atom. The van der Waals surface area contributed by atoms with Gasteiger partial charge < -0.3 is 4.42 Å². The number of nitrogens with zero attached hydrogens (tertiary/aromatic N) is 1. The zero-order valence-corrected chi connectivity index (χ0v) is 11.7. The van der Waals surface area contributed by atoms with Crippen LogP contribution in [-0.4, -0.2) is 25.3 Å². The van der Waals surface area contributed by atoms with Gasteiger partial charge in [0.15, 0.2) is 5.58 Å². The molecule has 1 aromatic heterocycles. The lowest BCUT2D eigenvalue weighted by molar-refractivity contribution is 0.528. The summed E-state index contributed by atoms with van der Waals surface area (Å²) in [6.07, 6.45) is 0.549. The number of hydrogen-bond acceptors (Lipinski definition) is 4. The van der Waals surface area contributed by atoms with Crippen molar-refractivity contribution in [1.82, 2.24) is 9.29 Å². The normalized spacial score (nSPS) is 12.1. The molecular formula is C12H16N2O4S. The van der Waals surface area contributed by atoms with Gasteiger partial charge in [-0.05, 0) is 31.0 Å². The minimum absolute atomic E-state index is 0.0690. The van der Waals surface area contributed by atoms with Crippen molar-refractivity contribution in [3.05, 3.63) is 34.3 Å². The molecule has 0 unspecified atom stereocenters. The predicted octanol–water partition coefficient (Wildman–Crippen LogP) is 0.613. The van der Waals surface area contributed by atoms with Gasteiger partial charge in [0.2, 0.25) is 10.0 Å². The Morgan fingerprint density at radius 3 is 2.79 bits per heavy atom. The molecule has 1 heterocycles. The van der Waals surface area contributed by atoms with Crippen LogP contribution in [0.5, 0.6) is 0 Å². The van der Waals surface area contributed by atoms with Crippen LogP contribution >= 0.6 is 0 Å². The average Bonchev–Trinajstić information content (AvgIpc) is 2.65. The van der Waals surface area contributed by atoms with Crippen molar-refractivity contribution >= 4 is 21.1 Å². The highest BCUT2D eigenvalue weighted by atomic mass is 32.2. The zero-order valence-electron chi connectivity index (χ0n) is 10.8. The van der Waals surface area contributed by atoms with Crippen LogP contribution in [0.2, 0.25) is 0 Å². The number of oxazole rings is 1. The summed E-state index contributed by atoms with van der Waals surface area (Å²) >= 11 is 0. The van der Waals surface area contributed by atoms with Gasteiger partial charge in [0.05, 0.1) is 11.3 Å². The van der Waals surface area contributed by atoms with Gasteiger partial charge in [-0.3, -0.25) is 4.57 Å². The lowest BCUT2D eigenvalue weighted by atomic mass is 10.1. The summed E-state index contributed by atoms with van der Waals surface area (Å²) in [6, 6.07) is 5.42. The third-order valence-electron chi connectivity index (χ3n) is 2.97. The van der Waals surface area contributed by atoms with E-state index in [1.165, 1.54) is 4.57 Å². The van der Waals surface area contributed by atoms with E-state index in [9.17, 15) is 13.2 Å². The molecule has 1 N–H and O–H groups in total. The summed E-state index contributed by atoms with van der Waals surface area (Å²) < 4.78 is 31.6. The molecule has 19 heavy (non-hydrogen) atoms. The molecule has 2 aromatic rings. The molecule has 0 aliphatic rings. The predicted molar refractivity (Wildman–Crippen MR) is 72.6 cm³/mol. The number of nitrogens with one attached hydrogen (secondary N) is 1. The van der Waals surface area contributed by atoms with Gasteiger partial charge in [-0.15, -0.1) is 0 Å². The molecule has 0 radical (unpaired) electrons. The highest BCUT2D eigenvalue weighted by Crippen LogP contribution is 2.14. The van der Waals surface area contributed by atoms with Gasteiger partial charge in [-0.1, -0.05) is 6.07 Å². The lowest BCUT2D eigenvalue weighted by Gasteiger charge is -2.04. The highest BCUT2D eigenvalue weighted by molar-refractivity contribution is 7.89. The molecule has 0 bridgehead atoms. The van der Waals surface area contributed by atoms with Crippen molar-refractivity contribution in [3.63, 3.8) is 0 Å². The first kappa shape index (κ1) is 13.8. The molecule has 0 saturated heterocycles. The minimum atomic E-state index is -3.16. The van der Waals surface area contributed by atoms with Crippen molar-refractivity contribution in [3.8, 4) is 0 Å². The van der Waals surface area contributed by atoms with Crippen LogP contribution in [0.3, 0.4) is 0 Å². The fourth-order valence-corrected chi connectivity index (χ4v) is 2.40. The van der Waals surface area contributed by atoms with E-state index in [-0.39, 0.29) is 5.75 Å². The van der Waals surface area contributed by atoms with Gasteiger partial charge >= 0.3 is 5.76 Å². The molecule has 6 nitrogen and oxygen atoms in total. The largest absolute Gasteiger partial charge is 0.419 e. The molecule has 0 atom stereocenters. The van der Waals surface area contributed by atoms with Crippen LogP contribution in [0.1, 0.15) is 12.5 Å². The van der Waals surface area contributed by atoms with Crippen LogP contribution in [0.4, 0.5) is 0 Å². The van der Waals surface area contributed by atoms with E-state index in [0.29, 0.717) is 18.5 Å². The average molecular weight is 284 g/mol. The Hall–Kier alpha value is -1.60. The molecule has 0 amide bonds. The monoisotopic (exact) mass is 284 g/mol. The molecule has 0 aliphatic carbocycles. The number of hydrogen-bond donors (Lipinski definition) is 1. The van der Waals surface area contributed by atoms with E-state index in [2.05, 4.69) is 4.72 Å². The molecule has 0 saturated carbocycles. The Kier molecular flexibility index (Phi) is 3.77. The number of aromatic nitrogens is 1. The van der Waals surface area contributed by atoms with Gasteiger partial charge in [0, 0.05) is 13.6 Å². The first-order valence-corrected chi connectivity index (χ1v) is 7.64. The molecular weight excluding hydrogens is 268 g/mol. The molecule has 2 rings (SSSR count). The summed E-state index contributed by atoms with van der Waals surface area (Å²) in [5, 5.41) is 0. The summed E-state index contributed by atoms with van der Waals surface area (Å²) in [4.78, 5) is 11.3. The standard InChI is InChI=1S/C12H16N2O4S/c1-3-19(16,17)13-7-6-9-4-5-10-11(8-9)18-12(15)14(10)2/h4-5,8,13H,3,6-7H2,1-2H3. The maximum absolute atomic E-state index is 11.3. The van der Waals surface area contributed by atoms with E-state index in [1.807, 2.05) is 6.07 Å². The van der Waals surface area contributed by atoms with Crippen molar-refractivity contribution in [2.75, 3.05) is 12.3 Å². The molecule has 7 heteroatoms. The van der Waals surface area contributed by atoms with E-state index in [0.717, 1.165) is 11.1 Å². The summed E-state index contributed by atoms with van der Waals surface area (Å²) in [5.74, 6) is -0.335. The lowest BCUT2D eigenvalue weighted by Crippen LogP contribution is -2.27. The summed E-state index contributed by atoms with van der Waals surface area (Å²) in [7, 11) is -1.52. The van der Waals surface area contributed by atoms with E-state index in [4.69, 9.17) is 4.42 Å². The van der Waals surface area contributed by atoms with Crippen LogP contribution in [0, 0.1) is 0 Å². The van der Waals surface area contributed by atoms with Crippen molar-refractivity contribution in [2.45, 2.75) is 13.3 Å². The van der Waals surface area contributed by atoms with E-state index in [1.54, 1.807) is 26.1 Å². The van der Waals surface area contributed by atoms with Gasteiger partial charge in [-0.25, -0.2) is 17.9 Å². The van der Waals surface area contributed by atoms with E-state index >= 15 is 0 Å². The minimum Gasteiger partial charge on any atom is -0.408 e. The Morgan fingerprint density at radius 1 is 1.37 bits per heavy atom. The van der Waals surface area contributed by atoms with Crippen molar-refractivity contribution in [1.29, 1.82) is 0 Å². The van der Waals surface area contributed by atoms with Crippen LogP contribution < -0.4 is 10.5 Å². The number of fused-ring (bicyclic) bond motifs is 1. The SMILES string of the molecule is CCS(=O)(=O)NCCc1ccc2c(c1)oc(=O)n2C. The summed E-state index contributed by atoms with van der Waals surface area (Å²) in [5.41, 5.74) is 2.16. The Balaban J connectivity index is 2.12. The maximum atomic E-state index is 11.3. The second-order valence-electron chi connectivity index (χ2n) is 4.28. The van der Waals surface area contributed by atoms with Gasteiger partial charge in [-0.2, -0.15) is 0 Å². The Labute approximate surface area is 111 Å². The first-order valence-electron chi connectivity index (χ1n) is 5.99. The number of rotatable bonds is 5. The first-order chi connectivity index (χ1) is 8.93. The second kappa shape index (κ2) is 5.18. The smallest absolute Gasteiger partial charge is 0.408 e. The van der Waals surface area contributed by atoms with Crippen LogP contribution in [-0.2, 0) is 23.5 Å². The molecule has 0 aliphatic heterocycles. The molecule has 104 valence electrons. The quantitative estimate of drug-likeness (QED) is 0.872. The van der Waals surface area contributed by atoms with Gasteiger partial charge in [0.25, 0.3) is 0 Å². The maximum Gasteiger partial charge on any atom is 0.419 e. The second-order valence-corrected chi connectivity index (χ2v) is 6.37. The topological polar surface area (TPSA) is 81.3 Å². The van der Waals surface area contributed by atoms with Gasteiger partial charge in [0.1, 0.15) is 0 Å². The van der Waals surface area contributed by atoms with Crippen molar-refractivity contribution in [2.24, 2.45) is 7.05 Å². The highest BCUT2D eigenvalue weighted by Gasteiger charge is 2.08. The summed E-state index contributed by atoms with van der Waals surface area (Å²) in [6.45, 7) is 1.92. The fraction of sp³-hybridized carbons (Fsp3) is 0.417. The zero-order chi connectivity index (χ0) is 14.0. The van der Waals surface area contributed by atoms with E-state index < -0.39 is 15.8 Å². The molecule has 0 spiro atoms. The Bertz CT molecular complexity index is 743. The number of sulfonamides is 1. The molecule has 1 aromatic carbocycles. The van der Waals surface area contributed by atoms with Crippen molar-refractivity contribution < 1.29 is 12.8 Å². The number of benzene rings is 1. The fourth-order valence-electron chi connectivity index (χ4n) is 1.79. The molecule has 0 fully saturated rings.